The SMILES string of the molecule is COc1ccc(-c2nc(C(=O)c3ccccc3)[se]c2-c2cc(OC)c(OC)c(OC)c2)cc1. The van der Waals surface area contributed by atoms with Crippen LogP contribution in [0.3, 0.4) is 0 Å². The van der Waals surface area contributed by atoms with Crippen LogP contribution in [0, 0.1) is 0 Å². The first kappa shape index (κ1) is 22.6. The van der Waals surface area contributed by atoms with Crippen molar-refractivity contribution in [3.05, 3.63) is 76.9 Å². The first-order valence-corrected chi connectivity index (χ1v) is 11.9. The molecule has 0 radical (unpaired) electrons. The van der Waals surface area contributed by atoms with Crippen molar-refractivity contribution >= 4 is 20.3 Å². The molecule has 0 bridgehead atoms. The molecular weight excluding hydrogens is 485 g/mol. The molecule has 6 nitrogen and oxygen atoms in total. The van der Waals surface area contributed by atoms with E-state index >= 15 is 0 Å². The number of benzene rings is 3. The third kappa shape index (κ3) is 4.51. The molecule has 3 aromatic carbocycles. The van der Waals surface area contributed by atoms with E-state index in [1.165, 1.54) is 0 Å². The Hall–Kier alpha value is -3.54. The van der Waals surface area contributed by atoms with Gasteiger partial charge < -0.3 is 0 Å². The van der Waals surface area contributed by atoms with Crippen molar-refractivity contribution in [2.75, 3.05) is 28.4 Å². The van der Waals surface area contributed by atoms with Crippen LogP contribution < -0.4 is 18.9 Å². The van der Waals surface area contributed by atoms with Crippen molar-refractivity contribution < 1.29 is 23.7 Å². The molecule has 0 saturated heterocycles. The standard InChI is InChI=1S/C26H23NO5Se/c1-29-19-12-10-16(11-13-19)22-25(18-14-20(30-2)24(32-4)21(15-18)31-3)33-26(27-22)23(28)17-8-6-5-7-9-17/h5-15H,1-4H3. The molecule has 0 N–H and O–H groups in total. The third-order valence-electron chi connectivity index (χ3n) is 5.15. The van der Waals surface area contributed by atoms with Gasteiger partial charge in [-0.25, -0.2) is 0 Å². The summed E-state index contributed by atoms with van der Waals surface area (Å²) < 4.78 is 23.4. The van der Waals surface area contributed by atoms with E-state index in [0.717, 1.165) is 27.0 Å². The summed E-state index contributed by atoms with van der Waals surface area (Å²) in [5.74, 6) is 2.30. The summed E-state index contributed by atoms with van der Waals surface area (Å²) in [5, 5.41) is 0. The zero-order chi connectivity index (χ0) is 23.4. The summed E-state index contributed by atoms with van der Waals surface area (Å²) in [5.41, 5.74) is 3.15. The molecule has 0 fully saturated rings. The second-order valence-corrected chi connectivity index (χ2v) is 9.13. The predicted molar refractivity (Wildman–Crippen MR) is 128 cm³/mol. The zero-order valence-electron chi connectivity index (χ0n) is 18.7. The Balaban J connectivity index is 1.91. The fraction of sp³-hybridized carbons (Fsp3) is 0.154. The Morgan fingerprint density at radius 3 is 1.94 bits per heavy atom. The van der Waals surface area contributed by atoms with Crippen LogP contribution in [0.5, 0.6) is 23.0 Å². The Kier molecular flexibility index (Phi) is 6.82. The molecule has 4 rings (SSSR count). The topological polar surface area (TPSA) is 66.9 Å². The van der Waals surface area contributed by atoms with Crippen molar-refractivity contribution in [3.63, 3.8) is 0 Å². The van der Waals surface area contributed by atoms with E-state index in [1.54, 1.807) is 28.4 Å². The number of methoxy groups -OCH3 is 4. The summed E-state index contributed by atoms with van der Waals surface area (Å²) in [6.45, 7) is 0. The average Bonchev–Trinajstić information content (AvgIpc) is 3.33. The van der Waals surface area contributed by atoms with Gasteiger partial charge in [-0.2, -0.15) is 0 Å². The molecule has 33 heavy (non-hydrogen) atoms. The van der Waals surface area contributed by atoms with Crippen molar-refractivity contribution in [1.29, 1.82) is 0 Å². The van der Waals surface area contributed by atoms with E-state index in [0.29, 0.717) is 27.4 Å². The fourth-order valence-electron chi connectivity index (χ4n) is 3.48. The van der Waals surface area contributed by atoms with E-state index in [4.69, 9.17) is 23.9 Å². The minimum absolute atomic E-state index is 0.0657. The van der Waals surface area contributed by atoms with Crippen LogP contribution in [-0.2, 0) is 0 Å². The molecular formula is C26H23NO5Se. The van der Waals surface area contributed by atoms with Gasteiger partial charge in [-0.05, 0) is 0 Å². The van der Waals surface area contributed by atoms with Crippen LogP contribution >= 0.6 is 0 Å². The van der Waals surface area contributed by atoms with E-state index in [-0.39, 0.29) is 20.3 Å². The van der Waals surface area contributed by atoms with Gasteiger partial charge in [0.1, 0.15) is 0 Å². The van der Waals surface area contributed by atoms with Gasteiger partial charge in [0.05, 0.1) is 0 Å². The normalized spacial score (nSPS) is 10.5. The number of rotatable bonds is 8. The average molecular weight is 508 g/mol. The van der Waals surface area contributed by atoms with Crippen molar-refractivity contribution in [2.24, 2.45) is 0 Å². The molecule has 168 valence electrons. The fourth-order valence-corrected chi connectivity index (χ4v) is 5.66. The van der Waals surface area contributed by atoms with E-state index in [2.05, 4.69) is 0 Å². The van der Waals surface area contributed by atoms with Crippen LogP contribution in [0.25, 0.3) is 21.3 Å². The van der Waals surface area contributed by atoms with Gasteiger partial charge in [-0.1, -0.05) is 0 Å². The van der Waals surface area contributed by atoms with Gasteiger partial charge >= 0.3 is 199 Å². The molecule has 0 saturated carbocycles. The van der Waals surface area contributed by atoms with Gasteiger partial charge in [0.15, 0.2) is 0 Å². The molecule has 7 heteroatoms. The second-order valence-electron chi connectivity index (χ2n) is 7.03. The van der Waals surface area contributed by atoms with Gasteiger partial charge in [0, 0.05) is 0 Å². The Morgan fingerprint density at radius 2 is 1.39 bits per heavy atom. The van der Waals surface area contributed by atoms with Gasteiger partial charge in [-0.3, -0.25) is 0 Å². The number of carbonyl (C=O) groups is 1. The monoisotopic (exact) mass is 509 g/mol. The molecule has 0 aliphatic carbocycles. The molecule has 4 aromatic rings. The number of ether oxygens (including phenoxy) is 4. The third-order valence-corrected chi connectivity index (χ3v) is 7.46. The molecule has 0 atom stereocenters. The summed E-state index contributed by atoms with van der Waals surface area (Å²) in [6, 6.07) is 20.7. The Labute approximate surface area is 198 Å². The van der Waals surface area contributed by atoms with Crippen LogP contribution in [0.1, 0.15) is 14.9 Å². The molecule has 0 amide bonds. The second kappa shape index (κ2) is 9.94. The first-order chi connectivity index (χ1) is 16.1. The van der Waals surface area contributed by atoms with Gasteiger partial charge in [0.25, 0.3) is 0 Å². The number of carbonyl (C=O) groups excluding carboxylic acids is 1. The summed E-state index contributed by atoms with van der Waals surface area (Å²) in [7, 11) is 6.37. The Morgan fingerprint density at radius 1 is 0.758 bits per heavy atom. The molecule has 1 heterocycles. The number of hydrogen-bond donors (Lipinski definition) is 0. The first-order valence-electron chi connectivity index (χ1n) is 10.1. The van der Waals surface area contributed by atoms with E-state index in [1.807, 2.05) is 66.7 Å². The molecule has 0 aliphatic heterocycles. The van der Waals surface area contributed by atoms with Crippen LogP contribution in [0.4, 0.5) is 0 Å². The molecule has 0 spiro atoms. The van der Waals surface area contributed by atoms with Crippen molar-refractivity contribution in [3.8, 4) is 44.3 Å². The van der Waals surface area contributed by atoms with Crippen LogP contribution in [0.2, 0.25) is 0 Å². The van der Waals surface area contributed by atoms with Crippen molar-refractivity contribution in [1.82, 2.24) is 4.98 Å². The number of aromatic nitrogens is 1. The minimum atomic E-state index is -0.327. The maximum absolute atomic E-state index is 13.2. The molecule has 1 aromatic heterocycles. The van der Waals surface area contributed by atoms with Gasteiger partial charge in [0.2, 0.25) is 0 Å². The zero-order valence-corrected chi connectivity index (χ0v) is 20.5. The molecule has 0 aliphatic rings. The molecule has 0 unspecified atom stereocenters. The quantitative estimate of drug-likeness (QED) is 0.253. The number of hydrogen-bond acceptors (Lipinski definition) is 6. The van der Waals surface area contributed by atoms with Crippen LogP contribution in [-0.4, -0.2) is 53.7 Å². The van der Waals surface area contributed by atoms with Crippen LogP contribution in [0.15, 0.2) is 66.7 Å². The maximum atomic E-state index is 13.2. The number of ketones is 1. The summed E-state index contributed by atoms with van der Waals surface area (Å²) in [4.78, 5) is 18.0. The summed E-state index contributed by atoms with van der Waals surface area (Å²) >= 11 is -0.327. The summed E-state index contributed by atoms with van der Waals surface area (Å²) in [6.07, 6.45) is 0. The van der Waals surface area contributed by atoms with Gasteiger partial charge in [-0.15, -0.1) is 0 Å². The predicted octanol–water partition coefficient (Wildman–Crippen LogP) is 4.74. The van der Waals surface area contributed by atoms with E-state index < -0.39 is 0 Å². The van der Waals surface area contributed by atoms with Crippen molar-refractivity contribution in [2.45, 2.75) is 0 Å². The number of nitrogens with zero attached hydrogens (tertiary/aromatic N) is 1. The van der Waals surface area contributed by atoms with E-state index in [9.17, 15) is 4.79 Å². The Bertz CT molecular complexity index is 1240.